The van der Waals surface area contributed by atoms with E-state index in [1.807, 2.05) is 27.7 Å². The monoisotopic (exact) mass is 358 g/mol. The van der Waals surface area contributed by atoms with E-state index in [1.54, 1.807) is 10.0 Å². The quantitative estimate of drug-likeness (QED) is 0.353. The van der Waals surface area contributed by atoms with E-state index in [9.17, 15) is 10.2 Å². The molecule has 0 unspecified atom stereocenters. The Morgan fingerprint density at radius 1 is 0.789 bits per heavy atom. The minimum absolute atomic E-state index is 0. The van der Waals surface area contributed by atoms with Crippen molar-refractivity contribution in [2.45, 2.75) is 27.7 Å². The second-order valence-corrected chi connectivity index (χ2v) is 3.88. The topological polar surface area (TPSA) is 76.7 Å². The summed E-state index contributed by atoms with van der Waals surface area (Å²) in [6.45, 7) is 11.0. The van der Waals surface area contributed by atoms with Crippen LogP contribution in [0.1, 0.15) is 27.7 Å². The Morgan fingerprint density at radius 2 is 1.00 bits per heavy atom. The fraction of sp³-hybridized carbons (Fsp3) is 0.800. The maximum atomic E-state index is 10.2. The Kier molecular flexibility index (Phi) is 20.2. The molecule has 2 N–H and O–H groups in total. The van der Waals surface area contributed by atoms with Gasteiger partial charge < -0.3 is 21.1 Å². The molecule has 0 spiro atoms. The average Bonchev–Trinajstić information content (AvgIpc) is 2.33. The predicted molar refractivity (Wildman–Crippen MR) is 77.3 cm³/mol. The van der Waals surface area contributed by atoms with Crippen molar-refractivity contribution in [1.29, 1.82) is 0 Å². The summed E-state index contributed by atoms with van der Waals surface area (Å²) in [4.78, 5) is 0. The molecule has 0 aromatic heterocycles. The molecule has 0 radical (unpaired) electrons. The Balaban J connectivity index is -0.000000256. The average molecular weight is 360 g/mol. The number of nitrogens with zero attached hydrogens (tertiary/aromatic N) is 2. The van der Waals surface area contributed by atoms with Crippen LogP contribution < -0.4 is 21.1 Å². The SMILES string of the molecule is CCN(CC)NC([O-])=S.CCN(CC)NC([O-])=S.[Zn+2]. The zero-order chi connectivity index (χ0) is 14.6. The molecule has 6 nitrogen and oxygen atoms in total. The summed E-state index contributed by atoms with van der Waals surface area (Å²) >= 11 is 8.59. The van der Waals surface area contributed by atoms with Crippen LogP contribution in [0.4, 0.5) is 0 Å². The molecule has 0 aliphatic carbocycles. The smallest absolute Gasteiger partial charge is 0.851 e. The standard InChI is InChI=1S/2C5H12N2OS.Zn/c2*1-3-7(4-2)6-5(8)9;/h2*3-4H2,1-2H3,(H2,6,8,9);/q;;+2/p-2. The van der Waals surface area contributed by atoms with Gasteiger partial charge in [-0.15, -0.1) is 0 Å². The Morgan fingerprint density at radius 3 is 1.05 bits per heavy atom. The van der Waals surface area contributed by atoms with Gasteiger partial charge in [0, 0.05) is 36.5 Å². The molecule has 0 aliphatic rings. The first-order valence-electron chi connectivity index (χ1n) is 5.86. The summed E-state index contributed by atoms with van der Waals surface area (Å²) in [5, 5.41) is 23.1. The summed E-state index contributed by atoms with van der Waals surface area (Å²) in [7, 11) is 0. The van der Waals surface area contributed by atoms with Crippen LogP contribution >= 0.6 is 24.4 Å². The minimum atomic E-state index is -0.418. The van der Waals surface area contributed by atoms with Gasteiger partial charge in [0.25, 0.3) is 0 Å². The van der Waals surface area contributed by atoms with Gasteiger partial charge in [0.05, 0.1) is 0 Å². The van der Waals surface area contributed by atoms with Gasteiger partial charge in [0.1, 0.15) is 0 Å². The summed E-state index contributed by atoms with van der Waals surface area (Å²) in [5.74, 6) is 0. The molecule has 0 amide bonds. The molecule has 0 bridgehead atoms. The van der Waals surface area contributed by atoms with E-state index < -0.39 is 10.3 Å². The van der Waals surface area contributed by atoms with Gasteiger partial charge in [0.2, 0.25) is 0 Å². The van der Waals surface area contributed by atoms with Gasteiger partial charge in [0.15, 0.2) is 0 Å². The number of hydrazine groups is 2. The van der Waals surface area contributed by atoms with E-state index >= 15 is 0 Å². The van der Waals surface area contributed by atoms with Gasteiger partial charge >= 0.3 is 19.5 Å². The normalized spacial score (nSPS) is 9.16. The first kappa shape index (κ1) is 24.0. The Bertz CT molecular complexity index is 216. The van der Waals surface area contributed by atoms with Crippen LogP contribution in [0, 0.1) is 0 Å². The number of hydrogen-bond donors (Lipinski definition) is 2. The van der Waals surface area contributed by atoms with Gasteiger partial charge in [-0.1, -0.05) is 52.1 Å². The van der Waals surface area contributed by atoms with Crippen molar-refractivity contribution in [1.82, 2.24) is 20.9 Å². The largest absolute Gasteiger partial charge is 2.00 e. The van der Waals surface area contributed by atoms with Crippen LogP contribution in [0.3, 0.4) is 0 Å². The molecular weight excluding hydrogens is 338 g/mol. The number of rotatable bonds is 6. The van der Waals surface area contributed by atoms with Crippen molar-refractivity contribution in [3.05, 3.63) is 0 Å². The van der Waals surface area contributed by atoms with Crippen LogP contribution in [0.25, 0.3) is 0 Å². The molecule has 0 aliphatic heterocycles. The summed E-state index contributed by atoms with van der Waals surface area (Å²) in [6.07, 6.45) is 0. The molecule has 108 valence electrons. The minimum Gasteiger partial charge on any atom is -0.851 e. The fourth-order valence-corrected chi connectivity index (χ4v) is 1.28. The van der Waals surface area contributed by atoms with Crippen LogP contribution in [-0.4, -0.2) is 46.5 Å². The van der Waals surface area contributed by atoms with Crippen molar-refractivity contribution in [2.75, 3.05) is 26.2 Å². The first-order chi connectivity index (χ1) is 8.40. The van der Waals surface area contributed by atoms with E-state index in [1.165, 1.54) is 0 Å². The zero-order valence-corrected chi connectivity index (χ0v) is 16.7. The molecule has 0 saturated heterocycles. The third-order valence-electron chi connectivity index (χ3n) is 2.03. The second kappa shape index (κ2) is 16.0. The van der Waals surface area contributed by atoms with E-state index in [-0.39, 0.29) is 19.5 Å². The molecule has 0 aromatic rings. The fourth-order valence-electron chi connectivity index (χ4n) is 1.02. The molecule has 0 fully saturated rings. The molecule has 0 aromatic carbocycles. The molecule has 9 heteroatoms. The molecular formula is C10H22N4O2S2Zn. The summed E-state index contributed by atoms with van der Waals surface area (Å²) in [6, 6.07) is 0. The second-order valence-electron chi connectivity index (χ2n) is 3.14. The predicted octanol–water partition coefficient (Wildman–Crippen LogP) is -1.05. The number of nitrogens with one attached hydrogen (secondary N) is 2. The molecule has 0 atom stereocenters. The van der Waals surface area contributed by atoms with E-state index in [0.717, 1.165) is 26.2 Å². The van der Waals surface area contributed by atoms with E-state index in [0.29, 0.717) is 0 Å². The van der Waals surface area contributed by atoms with Crippen molar-refractivity contribution in [3.63, 3.8) is 0 Å². The maximum Gasteiger partial charge on any atom is 2.00 e. The zero-order valence-electron chi connectivity index (χ0n) is 12.1. The maximum absolute atomic E-state index is 10.2. The Labute approximate surface area is 139 Å². The molecule has 0 rings (SSSR count). The number of thiocarbonyl (C=S) groups is 2. The summed E-state index contributed by atoms with van der Waals surface area (Å²) in [5.41, 5.74) is 4.98. The third-order valence-corrected chi connectivity index (χ3v) is 2.21. The van der Waals surface area contributed by atoms with Crippen LogP contribution in [0.15, 0.2) is 0 Å². The molecule has 0 heterocycles. The molecule has 19 heavy (non-hydrogen) atoms. The van der Waals surface area contributed by atoms with Gasteiger partial charge in [-0.2, -0.15) is 0 Å². The van der Waals surface area contributed by atoms with Gasteiger partial charge in [-0.3, -0.25) is 0 Å². The van der Waals surface area contributed by atoms with E-state index in [4.69, 9.17) is 0 Å². The molecule has 0 saturated carbocycles. The van der Waals surface area contributed by atoms with E-state index in [2.05, 4.69) is 35.3 Å². The van der Waals surface area contributed by atoms with Crippen LogP contribution in [0.2, 0.25) is 0 Å². The van der Waals surface area contributed by atoms with Crippen molar-refractivity contribution in [2.24, 2.45) is 0 Å². The van der Waals surface area contributed by atoms with Crippen molar-refractivity contribution in [3.8, 4) is 0 Å². The van der Waals surface area contributed by atoms with Crippen molar-refractivity contribution < 1.29 is 29.7 Å². The van der Waals surface area contributed by atoms with Crippen LogP contribution in [0.5, 0.6) is 0 Å². The van der Waals surface area contributed by atoms with Crippen molar-refractivity contribution >= 4 is 34.8 Å². The first-order valence-corrected chi connectivity index (χ1v) is 6.67. The number of hydrogen-bond acceptors (Lipinski definition) is 6. The Hall–Kier alpha value is -0.0766. The third kappa shape index (κ3) is 17.9. The van der Waals surface area contributed by atoms with Gasteiger partial charge in [-0.05, 0) is 0 Å². The van der Waals surface area contributed by atoms with Crippen LogP contribution in [-0.2, 0) is 19.5 Å². The summed E-state index contributed by atoms with van der Waals surface area (Å²) < 4.78 is 0. The van der Waals surface area contributed by atoms with Gasteiger partial charge in [-0.25, -0.2) is 10.0 Å².